The van der Waals surface area contributed by atoms with Gasteiger partial charge in [0.05, 0.1) is 13.2 Å². The number of aromatic nitrogens is 3. The minimum Gasteiger partial charge on any atom is -0.504 e. The van der Waals surface area contributed by atoms with Gasteiger partial charge in [-0.1, -0.05) is 12.8 Å². The molecule has 0 saturated heterocycles. The smallest absolute Gasteiger partial charge is 0.252 e. The fraction of sp³-hybridized carbons (Fsp3) is 0.471. The summed E-state index contributed by atoms with van der Waals surface area (Å²) in [7, 11) is 1.45. The third-order valence-electron chi connectivity index (χ3n) is 4.50. The number of hydrogen-bond donors (Lipinski definition) is 2. The molecule has 1 fully saturated rings. The van der Waals surface area contributed by atoms with Gasteiger partial charge < -0.3 is 19.7 Å². The van der Waals surface area contributed by atoms with E-state index in [1.54, 1.807) is 12.4 Å². The van der Waals surface area contributed by atoms with Gasteiger partial charge in [-0.3, -0.25) is 4.79 Å². The highest BCUT2D eigenvalue weighted by atomic mass is 16.5. The first-order chi connectivity index (χ1) is 11.6. The fourth-order valence-electron chi connectivity index (χ4n) is 3.19. The third kappa shape index (κ3) is 3.20. The van der Waals surface area contributed by atoms with E-state index in [0.29, 0.717) is 11.6 Å². The predicted molar refractivity (Wildman–Crippen MR) is 88.1 cm³/mol. The quantitative estimate of drug-likeness (QED) is 0.879. The Hall–Kier alpha value is -2.57. The summed E-state index contributed by atoms with van der Waals surface area (Å²) in [5, 5.41) is 20.8. The average molecular weight is 330 g/mol. The Bertz CT molecular complexity index is 722. The van der Waals surface area contributed by atoms with E-state index in [1.165, 1.54) is 32.1 Å². The average Bonchev–Trinajstić information content (AvgIpc) is 3.25. The Kier molecular flexibility index (Phi) is 4.69. The fourth-order valence-corrected chi connectivity index (χ4v) is 3.19. The molecule has 24 heavy (non-hydrogen) atoms. The zero-order valence-corrected chi connectivity index (χ0v) is 13.9. The van der Waals surface area contributed by atoms with Crippen molar-refractivity contribution in [1.82, 2.24) is 20.1 Å². The van der Waals surface area contributed by atoms with Gasteiger partial charge in [0.15, 0.2) is 17.3 Å². The monoisotopic (exact) mass is 330 g/mol. The van der Waals surface area contributed by atoms with Crippen LogP contribution < -0.4 is 10.1 Å². The molecule has 0 spiro atoms. The Morgan fingerprint density at radius 2 is 2.17 bits per heavy atom. The van der Waals surface area contributed by atoms with Crippen molar-refractivity contribution >= 4 is 5.91 Å². The van der Waals surface area contributed by atoms with Crippen molar-refractivity contribution in [2.24, 2.45) is 0 Å². The molecule has 1 amide bonds. The number of benzene rings is 1. The number of phenols is 1. The second-order valence-electron chi connectivity index (χ2n) is 6.12. The number of rotatable bonds is 5. The number of phenolic OH excluding ortho intramolecular Hbond substituents is 1. The van der Waals surface area contributed by atoms with Crippen molar-refractivity contribution in [1.29, 1.82) is 0 Å². The van der Waals surface area contributed by atoms with Crippen molar-refractivity contribution < 1.29 is 14.6 Å². The van der Waals surface area contributed by atoms with Gasteiger partial charge in [-0.05, 0) is 38.0 Å². The predicted octanol–water partition coefficient (Wildman–Crippen LogP) is 2.60. The van der Waals surface area contributed by atoms with E-state index < -0.39 is 0 Å². The number of carbonyl (C=O) groups excluding carboxylic acids is 1. The van der Waals surface area contributed by atoms with Gasteiger partial charge in [-0.2, -0.15) is 0 Å². The first kappa shape index (κ1) is 16.3. The van der Waals surface area contributed by atoms with Crippen molar-refractivity contribution in [3.63, 3.8) is 0 Å². The maximum Gasteiger partial charge on any atom is 0.252 e. The molecule has 2 N–H and O–H groups in total. The van der Waals surface area contributed by atoms with Gasteiger partial charge in [-0.25, -0.2) is 0 Å². The maximum atomic E-state index is 12.5. The summed E-state index contributed by atoms with van der Waals surface area (Å²) in [6.07, 6.45) is 6.44. The molecule has 2 aromatic rings. The number of ether oxygens (including phenoxy) is 1. The van der Waals surface area contributed by atoms with Crippen molar-refractivity contribution in [3.8, 4) is 11.5 Å². The summed E-state index contributed by atoms with van der Waals surface area (Å²) < 4.78 is 7.12. The van der Waals surface area contributed by atoms with E-state index in [9.17, 15) is 9.90 Å². The molecule has 0 aliphatic heterocycles. The van der Waals surface area contributed by atoms with Crippen LogP contribution in [0.3, 0.4) is 0 Å². The molecule has 1 aromatic carbocycles. The second kappa shape index (κ2) is 6.90. The van der Waals surface area contributed by atoms with Crippen LogP contribution in [0.2, 0.25) is 0 Å². The molecule has 1 heterocycles. The van der Waals surface area contributed by atoms with Crippen LogP contribution in [-0.2, 0) is 0 Å². The highest BCUT2D eigenvalue weighted by Gasteiger charge is 2.23. The maximum absolute atomic E-state index is 12.5. The van der Waals surface area contributed by atoms with Crippen LogP contribution in [0.1, 0.15) is 60.9 Å². The lowest BCUT2D eigenvalue weighted by Crippen LogP contribution is -2.29. The van der Waals surface area contributed by atoms with E-state index in [1.807, 2.05) is 6.92 Å². The normalized spacial score (nSPS) is 16.1. The second-order valence-corrected chi connectivity index (χ2v) is 6.12. The molecule has 0 bridgehead atoms. The van der Waals surface area contributed by atoms with Crippen molar-refractivity contribution in [3.05, 3.63) is 35.9 Å². The highest BCUT2D eigenvalue weighted by molar-refractivity contribution is 5.95. The van der Waals surface area contributed by atoms with Gasteiger partial charge in [0.1, 0.15) is 6.33 Å². The zero-order valence-electron chi connectivity index (χ0n) is 13.9. The standard InChI is InChI=1S/C17H22N4O3/c1-11(16-20-18-10-21(16)13-5-3-4-6-13)19-17(23)12-7-8-14(22)15(9-12)24-2/h7-11,13,22H,3-6H2,1-2H3,(H,19,23). The van der Waals surface area contributed by atoms with Gasteiger partial charge in [0, 0.05) is 11.6 Å². The molecular weight excluding hydrogens is 308 g/mol. The third-order valence-corrected chi connectivity index (χ3v) is 4.50. The van der Waals surface area contributed by atoms with E-state index in [0.717, 1.165) is 18.7 Å². The summed E-state index contributed by atoms with van der Waals surface area (Å²) in [5.41, 5.74) is 0.420. The van der Waals surface area contributed by atoms with Crippen LogP contribution in [0.25, 0.3) is 0 Å². The highest BCUT2D eigenvalue weighted by Crippen LogP contribution is 2.31. The topological polar surface area (TPSA) is 89.3 Å². The molecule has 1 saturated carbocycles. The van der Waals surface area contributed by atoms with Gasteiger partial charge in [0.2, 0.25) is 0 Å². The minimum atomic E-state index is -0.264. The zero-order chi connectivity index (χ0) is 17.1. The molecular formula is C17H22N4O3. The first-order valence-electron chi connectivity index (χ1n) is 8.17. The lowest BCUT2D eigenvalue weighted by atomic mass is 10.1. The van der Waals surface area contributed by atoms with Gasteiger partial charge in [-0.15, -0.1) is 10.2 Å². The van der Waals surface area contributed by atoms with Crippen molar-refractivity contribution in [2.75, 3.05) is 7.11 Å². The summed E-state index contributed by atoms with van der Waals surface area (Å²) in [6.45, 7) is 1.89. The first-order valence-corrected chi connectivity index (χ1v) is 8.17. The Balaban J connectivity index is 1.74. The molecule has 1 atom stereocenters. The summed E-state index contributed by atoms with van der Waals surface area (Å²) in [5.74, 6) is 0.787. The Morgan fingerprint density at radius 1 is 1.42 bits per heavy atom. The van der Waals surface area contributed by atoms with E-state index in [4.69, 9.17) is 4.74 Å². The number of amides is 1. The Morgan fingerprint density at radius 3 is 2.88 bits per heavy atom. The minimum absolute atomic E-state index is 0.00285. The van der Waals surface area contributed by atoms with Crippen molar-refractivity contribution in [2.45, 2.75) is 44.7 Å². The van der Waals surface area contributed by atoms with Gasteiger partial charge >= 0.3 is 0 Å². The lowest BCUT2D eigenvalue weighted by molar-refractivity contribution is 0.0937. The number of carbonyl (C=O) groups is 1. The molecule has 1 aliphatic carbocycles. The number of hydrogen-bond acceptors (Lipinski definition) is 5. The van der Waals surface area contributed by atoms with Crippen LogP contribution in [-0.4, -0.2) is 32.9 Å². The molecule has 1 aliphatic rings. The van der Waals surface area contributed by atoms with Crippen LogP contribution in [0.5, 0.6) is 11.5 Å². The molecule has 1 aromatic heterocycles. The SMILES string of the molecule is COc1cc(C(=O)NC(C)c2nncn2C2CCCC2)ccc1O. The Labute approximate surface area is 140 Å². The molecule has 128 valence electrons. The number of methoxy groups -OCH3 is 1. The van der Waals surface area contributed by atoms with Gasteiger partial charge in [0.25, 0.3) is 5.91 Å². The van der Waals surface area contributed by atoms with Crippen LogP contribution in [0.4, 0.5) is 0 Å². The van der Waals surface area contributed by atoms with Crippen LogP contribution in [0.15, 0.2) is 24.5 Å². The molecule has 0 radical (unpaired) electrons. The summed E-state index contributed by atoms with van der Waals surface area (Å²) in [6, 6.07) is 4.67. The summed E-state index contributed by atoms with van der Waals surface area (Å²) >= 11 is 0. The van der Waals surface area contributed by atoms with Crippen LogP contribution >= 0.6 is 0 Å². The number of nitrogens with zero attached hydrogens (tertiary/aromatic N) is 3. The number of aromatic hydroxyl groups is 1. The molecule has 7 nitrogen and oxygen atoms in total. The van der Waals surface area contributed by atoms with E-state index >= 15 is 0 Å². The number of nitrogens with one attached hydrogen (secondary N) is 1. The molecule has 7 heteroatoms. The van der Waals surface area contributed by atoms with Crippen LogP contribution in [0, 0.1) is 0 Å². The summed E-state index contributed by atoms with van der Waals surface area (Å²) in [4.78, 5) is 12.5. The van der Waals surface area contributed by atoms with E-state index in [-0.39, 0.29) is 23.4 Å². The lowest BCUT2D eigenvalue weighted by Gasteiger charge is -2.19. The largest absolute Gasteiger partial charge is 0.504 e. The van der Waals surface area contributed by atoms with E-state index in [2.05, 4.69) is 20.1 Å². The molecule has 3 rings (SSSR count). The molecule has 1 unspecified atom stereocenters.